The SMILES string of the molecule is CCC(O)C(O)CS(=O)(=O)C1=NNNN1C. The van der Waals surface area contributed by atoms with Gasteiger partial charge in [-0.2, -0.15) is 0 Å². The molecule has 2 atom stereocenters. The van der Waals surface area contributed by atoms with Crippen LogP contribution in [0.2, 0.25) is 0 Å². The Bertz CT molecular complexity index is 369. The molecule has 1 aliphatic heterocycles. The molecule has 1 aliphatic rings. The molecule has 94 valence electrons. The number of hydrazone groups is 1. The van der Waals surface area contributed by atoms with Crippen LogP contribution in [0.3, 0.4) is 0 Å². The maximum atomic E-state index is 11.8. The van der Waals surface area contributed by atoms with Crippen LogP contribution in [-0.4, -0.2) is 53.8 Å². The Morgan fingerprint density at radius 3 is 2.50 bits per heavy atom. The largest absolute Gasteiger partial charge is 0.390 e. The third-order valence-corrected chi connectivity index (χ3v) is 3.89. The van der Waals surface area contributed by atoms with E-state index in [1.54, 1.807) is 6.92 Å². The van der Waals surface area contributed by atoms with Gasteiger partial charge in [-0.1, -0.05) is 6.92 Å². The van der Waals surface area contributed by atoms with E-state index in [4.69, 9.17) is 0 Å². The van der Waals surface area contributed by atoms with Gasteiger partial charge in [-0.15, -0.1) is 10.6 Å². The monoisotopic (exact) mass is 252 g/mol. The van der Waals surface area contributed by atoms with Crippen molar-refractivity contribution < 1.29 is 18.6 Å². The van der Waals surface area contributed by atoms with Gasteiger partial charge in [0.1, 0.15) is 0 Å². The highest BCUT2D eigenvalue weighted by Gasteiger charge is 2.31. The molecule has 0 aromatic carbocycles. The fourth-order valence-corrected chi connectivity index (χ4v) is 2.70. The lowest BCUT2D eigenvalue weighted by molar-refractivity contribution is 0.0314. The van der Waals surface area contributed by atoms with Gasteiger partial charge in [-0.05, 0) is 6.42 Å². The first-order valence-corrected chi connectivity index (χ1v) is 6.44. The second-order valence-electron chi connectivity index (χ2n) is 3.50. The summed E-state index contributed by atoms with van der Waals surface area (Å²) in [5.74, 6) is -0.561. The van der Waals surface area contributed by atoms with Gasteiger partial charge in [0, 0.05) is 7.05 Å². The Balaban J connectivity index is 2.72. The molecule has 8 nitrogen and oxygen atoms in total. The molecule has 4 N–H and O–H groups in total. The molecule has 0 aromatic rings. The Hall–Kier alpha value is -0.900. The summed E-state index contributed by atoms with van der Waals surface area (Å²) in [5, 5.41) is 23.3. The minimum Gasteiger partial charge on any atom is -0.390 e. The lowest BCUT2D eigenvalue weighted by Gasteiger charge is -2.17. The summed E-state index contributed by atoms with van der Waals surface area (Å²) in [6.45, 7) is 1.66. The number of hydrogen-bond acceptors (Lipinski definition) is 8. The third kappa shape index (κ3) is 2.82. The summed E-state index contributed by atoms with van der Waals surface area (Å²) in [6, 6.07) is 0. The maximum Gasteiger partial charge on any atom is 0.258 e. The number of aliphatic hydroxyl groups is 2. The van der Waals surface area contributed by atoms with E-state index >= 15 is 0 Å². The van der Waals surface area contributed by atoms with Crippen LogP contribution in [0.1, 0.15) is 13.3 Å². The van der Waals surface area contributed by atoms with Gasteiger partial charge < -0.3 is 10.2 Å². The molecule has 0 radical (unpaired) electrons. The van der Waals surface area contributed by atoms with Crippen LogP contribution < -0.4 is 11.1 Å². The Kier molecular flexibility index (Phi) is 4.08. The van der Waals surface area contributed by atoms with Gasteiger partial charge in [0.05, 0.1) is 18.0 Å². The lowest BCUT2D eigenvalue weighted by atomic mass is 10.2. The average Bonchev–Trinajstić information content (AvgIpc) is 2.63. The van der Waals surface area contributed by atoms with E-state index in [2.05, 4.69) is 16.2 Å². The van der Waals surface area contributed by atoms with Crippen LogP contribution in [-0.2, 0) is 9.84 Å². The zero-order valence-electron chi connectivity index (χ0n) is 9.08. The summed E-state index contributed by atoms with van der Waals surface area (Å²) in [5.41, 5.74) is 4.73. The average molecular weight is 252 g/mol. The minimum absolute atomic E-state index is 0.213. The number of sulfone groups is 1. The van der Waals surface area contributed by atoms with Gasteiger partial charge in [0.15, 0.2) is 0 Å². The van der Waals surface area contributed by atoms with Crippen LogP contribution in [0.4, 0.5) is 0 Å². The molecule has 0 bridgehead atoms. The van der Waals surface area contributed by atoms with Crippen molar-refractivity contribution >= 4 is 15.0 Å². The van der Waals surface area contributed by atoms with E-state index in [1.807, 2.05) is 0 Å². The standard InChI is InChI=1S/C7H16N4O4S/c1-3-5(12)6(13)4-16(14,15)7-8-9-10-11(7)2/h5-6,9-10,12-13H,3-4H2,1-2H3. The van der Waals surface area contributed by atoms with E-state index in [1.165, 1.54) is 12.1 Å². The zero-order valence-corrected chi connectivity index (χ0v) is 9.90. The molecule has 0 saturated heterocycles. The minimum atomic E-state index is -3.72. The second kappa shape index (κ2) is 4.95. The van der Waals surface area contributed by atoms with Gasteiger partial charge in [0.2, 0.25) is 9.84 Å². The van der Waals surface area contributed by atoms with Crippen molar-refractivity contribution in [2.45, 2.75) is 25.6 Å². The van der Waals surface area contributed by atoms with Crippen LogP contribution >= 0.6 is 0 Å². The molecule has 0 saturated carbocycles. The fraction of sp³-hybridized carbons (Fsp3) is 0.857. The maximum absolute atomic E-state index is 11.8. The van der Waals surface area contributed by atoms with Crippen LogP contribution in [0.15, 0.2) is 5.10 Å². The molecule has 1 rings (SSSR count). The summed E-state index contributed by atoms with van der Waals surface area (Å²) in [6.07, 6.45) is -2.08. The van der Waals surface area contributed by atoms with E-state index in [-0.39, 0.29) is 11.6 Å². The Morgan fingerprint density at radius 1 is 1.44 bits per heavy atom. The number of amidine groups is 1. The normalized spacial score (nSPS) is 20.2. The Labute approximate surface area is 93.8 Å². The van der Waals surface area contributed by atoms with Crippen molar-refractivity contribution in [1.82, 2.24) is 16.1 Å². The van der Waals surface area contributed by atoms with Crippen LogP contribution in [0, 0.1) is 0 Å². The number of nitrogens with one attached hydrogen (secondary N) is 2. The van der Waals surface area contributed by atoms with Gasteiger partial charge >= 0.3 is 0 Å². The highest BCUT2D eigenvalue weighted by Crippen LogP contribution is 2.07. The molecule has 1 heterocycles. The molecule has 0 spiro atoms. The molecule has 2 unspecified atom stereocenters. The van der Waals surface area contributed by atoms with Gasteiger partial charge in [-0.25, -0.2) is 14.0 Å². The van der Waals surface area contributed by atoms with E-state index < -0.39 is 27.8 Å². The number of hydrazine groups is 2. The smallest absolute Gasteiger partial charge is 0.258 e. The molecule has 0 aromatic heterocycles. The Morgan fingerprint density at radius 2 is 2.06 bits per heavy atom. The highest BCUT2D eigenvalue weighted by atomic mass is 32.2. The topological polar surface area (TPSA) is 114 Å². The summed E-state index contributed by atoms with van der Waals surface area (Å²) in [7, 11) is -2.25. The molecule has 0 amide bonds. The van der Waals surface area contributed by atoms with Crippen molar-refractivity contribution in [3.63, 3.8) is 0 Å². The highest BCUT2D eigenvalue weighted by molar-refractivity contribution is 8.06. The summed E-state index contributed by atoms with van der Waals surface area (Å²) in [4.78, 5) is 0. The fourth-order valence-electron chi connectivity index (χ4n) is 1.23. The van der Waals surface area contributed by atoms with Crippen molar-refractivity contribution in [2.75, 3.05) is 12.8 Å². The first-order chi connectivity index (χ1) is 7.38. The molecule has 9 heteroatoms. The summed E-state index contributed by atoms with van der Waals surface area (Å²) >= 11 is 0. The van der Waals surface area contributed by atoms with E-state index in [0.29, 0.717) is 0 Å². The predicted octanol–water partition coefficient (Wildman–Crippen LogP) is -2.24. The number of rotatable bonds is 4. The second-order valence-corrected chi connectivity index (χ2v) is 5.43. The van der Waals surface area contributed by atoms with E-state index in [0.717, 1.165) is 0 Å². The van der Waals surface area contributed by atoms with Crippen LogP contribution in [0.25, 0.3) is 0 Å². The summed E-state index contributed by atoms with van der Waals surface area (Å²) < 4.78 is 23.5. The van der Waals surface area contributed by atoms with Gasteiger partial charge in [0.25, 0.3) is 5.17 Å². The first kappa shape index (κ1) is 13.2. The number of aliphatic hydroxyl groups excluding tert-OH is 2. The molecular formula is C7H16N4O4S. The van der Waals surface area contributed by atoms with Crippen molar-refractivity contribution in [3.8, 4) is 0 Å². The molecule has 16 heavy (non-hydrogen) atoms. The van der Waals surface area contributed by atoms with Crippen LogP contribution in [0.5, 0.6) is 0 Å². The molecule has 0 fully saturated rings. The van der Waals surface area contributed by atoms with E-state index in [9.17, 15) is 18.6 Å². The zero-order chi connectivity index (χ0) is 12.3. The number of hydrogen-bond donors (Lipinski definition) is 4. The van der Waals surface area contributed by atoms with Crippen molar-refractivity contribution in [3.05, 3.63) is 0 Å². The molecule has 0 aliphatic carbocycles. The first-order valence-electron chi connectivity index (χ1n) is 4.79. The predicted molar refractivity (Wildman–Crippen MR) is 57.6 cm³/mol. The number of nitrogens with zero attached hydrogens (tertiary/aromatic N) is 2. The third-order valence-electron chi connectivity index (χ3n) is 2.19. The van der Waals surface area contributed by atoms with Gasteiger partial charge in [-0.3, -0.25) is 5.01 Å². The lowest BCUT2D eigenvalue weighted by Crippen LogP contribution is -2.43. The van der Waals surface area contributed by atoms with Crippen molar-refractivity contribution in [2.24, 2.45) is 5.10 Å². The van der Waals surface area contributed by atoms with Crippen molar-refractivity contribution in [1.29, 1.82) is 0 Å². The molecular weight excluding hydrogens is 236 g/mol. The quantitative estimate of drug-likeness (QED) is 0.447.